The monoisotopic (exact) mass is 561 g/mol. The standard InChI is InChI=1S/C28H33ClN2.C5H7NO3/c1-28(2,3)25-13-9-22(10-14-25)21-30-17-19-31(20-18-30)27(23-7-5-4-6-8-23)24-11-15-26(29)16-12-24;7-4-2-1-3(6-4)5(8)9/h4-16,27H,17-21H2,1-3H3;3H,1-2H2,(H,6,7)(H,8,9)/t;3-/m.0/s1. The lowest BCUT2D eigenvalue weighted by Crippen LogP contribution is -2.47. The fourth-order valence-corrected chi connectivity index (χ4v) is 5.37. The van der Waals surface area contributed by atoms with Crippen molar-refractivity contribution in [2.45, 2.75) is 57.7 Å². The molecule has 5 rings (SSSR count). The Morgan fingerprint density at radius 3 is 2.02 bits per heavy atom. The van der Waals surface area contributed by atoms with Crippen LogP contribution in [0.4, 0.5) is 0 Å². The van der Waals surface area contributed by atoms with Crippen LogP contribution < -0.4 is 5.32 Å². The zero-order valence-electron chi connectivity index (χ0n) is 23.6. The van der Waals surface area contributed by atoms with Crippen LogP contribution in [0.25, 0.3) is 0 Å². The van der Waals surface area contributed by atoms with E-state index < -0.39 is 12.0 Å². The molecule has 2 saturated heterocycles. The molecule has 40 heavy (non-hydrogen) atoms. The molecule has 3 aromatic rings. The maximum Gasteiger partial charge on any atom is 0.326 e. The normalized spacial score (nSPS) is 18.9. The molecule has 2 aliphatic rings. The van der Waals surface area contributed by atoms with Crippen LogP contribution in [0.15, 0.2) is 78.9 Å². The first kappa shape index (κ1) is 29.8. The lowest BCUT2D eigenvalue weighted by atomic mass is 9.87. The highest BCUT2D eigenvalue weighted by molar-refractivity contribution is 6.30. The first-order valence-corrected chi connectivity index (χ1v) is 14.4. The van der Waals surface area contributed by atoms with Crippen LogP contribution in [-0.4, -0.2) is 59.0 Å². The van der Waals surface area contributed by atoms with Gasteiger partial charge in [-0.25, -0.2) is 4.79 Å². The van der Waals surface area contributed by atoms with Crippen LogP contribution in [0.2, 0.25) is 5.02 Å². The predicted octanol–water partition coefficient (Wildman–Crippen LogP) is 5.89. The summed E-state index contributed by atoms with van der Waals surface area (Å²) in [6.45, 7) is 12.1. The van der Waals surface area contributed by atoms with Gasteiger partial charge in [0.25, 0.3) is 0 Å². The van der Waals surface area contributed by atoms with Crippen LogP contribution in [0, 0.1) is 0 Å². The molecule has 2 aliphatic heterocycles. The molecule has 2 heterocycles. The smallest absolute Gasteiger partial charge is 0.326 e. The van der Waals surface area contributed by atoms with E-state index in [9.17, 15) is 9.59 Å². The molecule has 0 saturated carbocycles. The van der Waals surface area contributed by atoms with Crippen molar-refractivity contribution < 1.29 is 14.7 Å². The van der Waals surface area contributed by atoms with Crippen LogP contribution in [0.3, 0.4) is 0 Å². The Morgan fingerprint density at radius 1 is 0.925 bits per heavy atom. The Morgan fingerprint density at radius 2 is 1.52 bits per heavy atom. The molecule has 0 radical (unpaired) electrons. The zero-order valence-corrected chi connectivity index (χ0v) is 24.4. The maximum atomic E-state index is 10.4. The lowest BCUT2D eigenvalue weighted by Gasteiger charge is -2.40. The van der Waals surface area contributed by atoms with Crippen molar-refractivity contribution in [2.75, 3.05) is 26.2 Å². The van der Waals surface area contributed by atoms with Gasteiger partial charge in [-0.3, -0.25) is 14.6 Å². The van der Waals surface area contributed by atoms with Crippen molar-refractivity contribution in [3.05, 3.63) is 106 Å². The highest BCUT2D eigenvalue weighted by Crippen LogP contribution is 2.31. The summed E-state index contributed by atoms with van der Waals surface area (Å²) in [6.07, 6.45) is 0.769. The van der Waals surface area contributed by atoms with E-state index >= 15 is 0 Å². The topological polar surface area (TPSA) is 72.9 Å². The van der Waals surface area contributed by atoms with Gasteiger partial charge in [-0.05, 0) is 46.2 Å². The van der Waals surface area contributed by atoms with E-state index in [1.54, 1.807) is 0 Å². The van der Waals surface area contributed by atoms with Crippen LogP contribution in [0.1, 0.15) is 61.9 Å². The van der Waals surface area contributed by atoms with E-state index in [1.807, 2.05) is 12.1 Å². The Labute approximate surface area is 243 Å². The number of carbonyl (C=O) groups is 2. The van der Waals surface area contributed by atoms with E-state index in [0.717, 1.165) is 37.7 Å². The highest BCUT2D eigenvalue weighted by atomic mass is 35.5. The summed E-state index contributed by atoms with van der Waals surface area (Å²) >= 11 is 6.16. The van der Waals surface area contributed by atoms with Gasteiger partial charge in [0.15, 0.2) is 0 Å². The Balaban J connectivity index is 0.000000350. The highest BCUT2D eigenvalue weighted by Gasteiger charge is 2.27. The van der Waals surface area contributed by atoms with E-state index in [4.69, 9.17) is 16.7 Å². The van der Waals surface area contributed by atoms with Gasteiger partial charge < -0.3 is 10.4 Å². The molecule has 0 aromatic heterocycles. The number of halogens is 1. The minimum Gasteiger partial charge on any atom is -0.480 e. The number of carbonyl (C=O) groups excluding carboxylic acids is 1. The number of hydrogen-bond donors (Lipinski definition) is 2. The molecule has 2 atom stereocenters. The maximum absolute atomic E-state index is 10.4. The van der Waals surface area contributed by atoms with Crippen LogP contribution in [0.5, 0.6) is 0 Å². The summed E-state index contributed by atoms with van der Waals surface area (Å²) < 4.78 is 0. The number of carboxylic acid groups (broad SMARTS) is 1. The number of benzene rings is 3. The van der Waals surface area contributed by atoms with Crippen molar-refractivity contribution in [1.29, 1.82) is 0 Å². The average Bonchev–Trinajstić information content (AvgIpc) is 3.38. The number of carboxylic acids is 1. The minimum absolute atomic E-state index is 0.164. The molecule has 212 valence electrons. The van der Waals surface area contributed by atoms with Crippen LogP contribution >= 0.6 is 11.6 Å². The Bertz CT molecular complexity index is 1250. The minimum atomic E-state index is -0.944. The first-order valence-electron chi connectivity index (χ1n) is 14.0. The SMILES string of the molecule is CC(C)(C)c1ccc(CN2CCN(C(c3ccccc3)c3ccc(Cl)cc3)CC2)cc1.O=C1CC[C@@H](C(=O)O)N1. The number of rotatable bonds is 6. The van der Waals surface area contributed by atoms with Crippen LogP contribution in [-0.2, 0) is 21.5 Å². The number of amides is 1. The van der Waals surface area contributed by atoms with Crippen molar-refractivity contribution in [2.24, 2.45) is 0 Å². The van der Waals surface area contributed by atoms with Gasteiger partial charge in [-0.1, -0.05) is 99.1 Å². The number of nitrogens with one attached hydrogen (secondary N) is 1. The van der Waals surface area contributed by atoms with Crippen molar-refractivity contribution >= 4 is 23.5 Å². The van der Waals surface area contributed by atoms with E-state index in [1.165, 1.54) is 22.3 Å². The molecule has 0 bridgehead atoms. The zero-order chi connectivity index (χ0) is 28.7. The summed E-state index contributed by atoms with van der Waals surface area (Å²) in [5, 5.41) is 11.4. The Hall–Kier alpha value is -3.19. The third kappa shape index (κ3) is 8.17. The van der Waals surface area contributed by atoms with Gasteiger partial charge in [-0.15, -0.1) is 0 Å². The second-order valence-corrected chi connectivity index (χ2v) is 12.1. The average molecular weight is 562 g/mol. The second kappa shape index (κ2) is 13.4. The summed E-state index contributed by atoms with van der Waals surface area (Å²) in [5.74, 6) is -1.11. The van der Waals surface area contributed by atoms with Gasteiger partial charge in [0.2, 0.25) is 5.91 Å². The molecule has 2 fully saturated rings. The summed E-state index contributed by atoms with van der Waals surface area (Å²) in [5.41, 5.74) is 5.66. The van der Waals surface area contributed by atoms with Gasteiger partial charge in [0.1, 0.15) is 6.04 Å². The summed E-state index contributed by atoms with van der Waals surface area (Å²) in [4.78, 5) is 25.7. The van der Waals surface area contributed by atoms with Gasteiger partial charge >= 0.3 is 5.97 Å². The van der Waals surface area contributed by atoms with Gasteiger partial charge in [-0.2, -0.15) is 0 Å². The Kier molecular flexibility index (Phi) is 10.0. The molecular formula is C33H40ClN3O3. The van der Waals surface area contributed by atoms with Crippen molar-refractivity contribution in [1.82, 2.24) is 15.1 Å². The molecule has 6 nitrogen and oxygen atoms in total. The number of aliphatic carboxylic acids is 1. The molecule has 3 aromatic carbocycles. The molecule has 7 heteroatoms. The largest absolute Gasteiger partial charge is 0.480 e. The van der Waals surface area contributed by atoms with Gasteiger partial charge in [0.05, 0.1) is 6.04 Å². The lowest BCUT2D eigenvalue weighted by molar-refractivity contribution is -0.140. The fourth-order valence-electron chi connectivity index (χ4n) is 5.24. The second-order valence-electron chi connectivity index (χ2n) is 11.6. The van der Waals surface area contributed by atoms with Gasteiger partial charge in [0, 0.05) is 44.2 Å². The first-order chi connectivity index (χ1) is 19.1. The van der Waals surface area contributed by atoms with E-state index in [-0.39, 0.29) is 17.4 Å². The fraction of sp³-hybridized carbons (Fsp3) is 0.394. The third-order valence-electron chi connectivity index (χ3n) is 7.59. The van der Waals surface area contributed by atoms with E-state index in [2.05, 4.69) is 103 Å². The third-order valence-corrected chi connectivity index (χ3v) is 7.84. The molecule has 0 spiro atoms. The number of piperazine rings is 1. The molecule has 1 amide bonds. The molecule has 1 unspecified atom stereocenters. The summed E-state index contributed by atoms with van der Waals surface area (Å²) in [7, 11) is 0. The van der Waals surface area contributed by atoms with Crippen molar-refractivity contribution in [3.63, 3.8) is 0 Å². The molecular weight excluding hydrogens is 522 g/mol. The van der Waals surface area contributed by atoms with Crippen molar-refractivity contribution in [3.8, 4) is 0 Å². The predicted molar refractivity (Wildman–Crippen MR) is 161 cm³/mol. The molecule has 2 N–H and O–H groups in total. The number of nitrogens with zero attached hydrogens (tertiary/aromatic N) is 2. The number of hydrogen-bond acceptors (Lipinski definition) is 4. The van der Waals surface area contributed by atoms with E-state index in [0.29, 0.717) is 12.8 Å². The summed E-state index contributed by atoms with van der Waals surface area (Å²) in [6, 6.07) is 28.0. The quantitative estimate of drug-likeness (QED) is 0.392. The molecule has 0 aliphatic carbocycles.